The molecule has 0 bridgehead atoms. The Balaban J connectivity index is 1.34. The molecule has 0 aromatic heterocycles. The molecular formula is C24H39N5O2. The molecule has 0 radical (unpaired) electrons. The maximum atomic E-state index is 5.59. The lowest BCUT2D eigenvalue weighted by atomic mass is 10.0. The maximum absolute atomic E-state index is 5.59. The van der Waals surface area contributed by atoms with Crippen LogP contribution in [0.25, 0.3) is 0 Å². The fraction of sp³-hybridized carbons (Fsp3) is 0.708. The van der Waals surface area contributed by atoms with Crippen molar-refractivity contribution in [1.82, 2.24) is 20.4 Å². The average molecular weight is 430 g/mol. The molecule has 1 aromatic rings. The molecule has 2 atom stereocenters. The molecule has 2 aliphatic heterocycles. The third-order valence-corrected chi connectivity index (χ3v) is 7.08. The molecule has 1 aromatic carbocycles. The molecule has 4 rings (SSSR count). The summed E-state index contributed by atoms with van der Waals surface area (Å²) in [6.45, 7) is 6.63. The van der Waals surface area contributed by atoms with E-state index in [-0.39, 0.29) is 6.04 Å². The van der Waals surface area contributed by atoms with Gasteiger partial charge < -0.3 is 20.1 Å². The van der Waals surface area contributed by atoms with Crippen molar-refractivity contribution in [3.05, 3.63) is 29.8 Å². The quantitative estimate of drug-likeness (QED) is 0.512. The number of methoxy groups -OCH3 is 1. The van der Waals surface area contributed by atoms with Gasteiger partial charge >= 0.3 is 0 Å². The predicted octanol–water partition coefficient (Wildman–Crippen LogP) is 2.25. The van der Waals surface area contributed by atoms with E-state index in [1.165, 1.54) is 44.2 Å². The fourth-order valence-corrected chi connectivity index (χ4v) is 5.26. The van der Waals surface area contributed by atoms with Crippen LogP contribution in [0.1, 0.15) is 43.7 Å². The normalized spacial score (nSPS) is 25.0. The molecular weight excluding hydrogens is 390 g/mol. The van der Waals surface area contributed by atoms with Gasteiger partial charge in [-0.3, -0.25) is 14.8 Å². The molecule has 1 saturated carbocycles. The molecule has 2 unspecified atom stereocenters. The van der Waals surface area contributed by atoms with Gasteiger partial charge in [0.15, 0.2) is 5.96 Å². The monoisotopic (exact) mass is 429 g/mol. The number of aliphatic imine (C=N–C) groups is 1. The molecule has 2 heterocycles. The van der Waals surface area contributed by atoms with Gasteiger partial charge in [0.05, 0.1) is 26.4 Å². The van der Waals surface area contributed by atoms with Gasteiger partial charge in [0, 0.05) is 51.9 Å². The number of ether oxygens (including phenoxy) is 2. The van der Waals surface area contributed by atoms with E-state index in [1.54, 1.807) is 7.11 Å². The zero-order valence-corrected chi connectivity index (χ0v) is 19.2. The van der Waals surface area contributed by atoms with E-state index in [1.807, 2.05) is 19.2 Å². The third kappa shape index (κ3) is 5.90. The zero-order valence-electron chi connectivity index (χ0n) is 19.2. The Labute approximate surface area is 187 Å². The van der Waals surface area contributed by atoms with E-state index in [0.29, 0.717) is 6.04 Å². The van der Waals surface area contributed by atoms with Crippen LogP contribution >= 0.6 is 0 Å². The molecule has 1 aliphatic carbocycles. The summed E-state index contributed by atoms with van der Waals surface area (Å²) in [5.41, 5.74) is 1.29. The molecule has 2 saturated heterocycles. The van der Waals surface area contributed by atoms with Gasteiger partial charge in [-0.1, -0.05) is 25.0 Å². The maximum Gasteiger partial charge on any atom is 0.191 e. The summed E-state index contributed by atoms with van der Waals surface area (Å²) in [6, 6.07) is 10.0. The van der Waals surface area contributed by atoms with Crippen LogP contribution < -0.4 is 15.4 Å². The van der Waals surface area contributed by atoms with Crippen LogP contribution in [0.3, 0.4) is 0 Å². The minimum absolute atomic E-state index is 0.270. The zero-order chi connectivity index (χ0) is 21.5. The molecule has 0 amide bonds. The first-order chi connectivity index (χ1) is 15.3. The molecule has 3 fully saturated rings. The van der Waals surface area contributed by atoms with Crippen molar-refractivity contribution >= 4 is 5.96 Å². The summed E-state index contributed by atoms with van der Waals surface area (Å²) in [4.78, 5) is 9.71. The van der Waals surface area contributed by atoms with Gasteiger partial charge in [-0.25, -0.2) is 0 Å². The minimum Gasteiger partial charge on any atom is -0.497 e. The Kier molecular flexibility index (Phi) is 8.05. The average Bonchev–Trinajstić information content (AvgIpc) is 3.52. The number of hydrogen-bond donors (Lipinski definition) is 2. The lowest BCUT2D eigenvalue weighted by Gasteiger charge is -2.35. The highest BCUT2D eigenvalue weighted by Gasteiger charge is 2.30. The van der Waals surface area contributed by atoms with Crippen molar-refractivity contribution in [2.24, 2.45) is 4.99 Å². The van der Waals surface area contributed by atoms with Gasteiger partial charge in [-0.15, -0.1) is 0 Å². The summed E-state index contributed by atoms with van der Waals surface area (Å²) in [5, 5.41) is 7.29. The Morgan fingerprint density at radius 1 is 1.13 bits per heavy atom. The van der Waals surface area contributed by atoms with E-state index < -0.39 is 0 Å². The molecule has 172 valence electrons. The highest BCUT2D eigenvalue weighted by Crippen LogP contribution is 2.27. The van der Waals surface area contributed by atoms with E-state index >= 15 is 0 Å². The van der Waals surface area contributed by atoms with E-state index in [2.05, 4.69) is 37.6 Å². The van der Waals surface area contributed by atoms with Crippen LogP contribution in [-0.4, -0.2) is 87.9 Å². The number of guanidine groups is 1. The minimum atomic E-state index is 0.270. The number of likely N-dealkylation sites (tertiary alicyclic amines) is 1. The van der Waals surface area contributed by atoms with Gasteiger partial charge in [-0.05, 0) is 37.0 Å². The number of rotatable bonds is 7. The van der Waals surface area contributed by atoms with E-state index in [9.17, 15) is 0 Å². The van der Waals surface area contributed by atoms with E-state index in [4.69, 9.17) is 9.47 Å². The summed E-state index contributed by atoms with van der Waals surface area (Å²) in [6.07, 6.45) is 6.75. The Morgan fingerprint density at radius 2 is 1.87 bits per heavy atom. The number of nitrogens with zero attached hydrogens (tertiary/aromatic N) is 3. The molecule has 2 N–H and O–H groups in total. The molecule has 7 nitrogen and oxygen atoms in total. The third-order valence-electron chi connectivity index (χ3n) is 7.08. The van der Waals surface area contributed by atoms with Gasteiger partial charge in [0.25, 0.3) is 0 Å². The van der Waals surface area contributed by atoms with Crippen molar-refractivity contribution in [2.45, 2.75) is 50.2 Å². The standard InChI is InChI=1S/C24H39N5O2/c1-25-24(27-20-11-12-29(18-20)21-5-3-4-6-21)26-17-23(28-13-15-31-16-14-28)19-7-9-22(30-2)10-8-19/h7-10,20-21,23H,3-6,11-18H2,1-2H3,(H2,25,26,27). The number of morpholine rings is 1. The van der Waals surface area contributed by atoms with Crippen LogP contribution in [0.2, 0.25) is 0 Å². The van der Waals surface area contributed by atoms with Crippen molar-refractivity contribution < 1.29 is 9.47 Å². The Morgan fingerprint density at radius 3 is 2.55 bits per heavy atom. The van der Waals surface area contributed by atoms with Gasteiger partial charge in [0.1, 0.15) is 5.75 Å². The lowest BCUT2D eigenvalue weighted by Crippen LogP contribution is -2.49. The molecule has 3 aliphatic rings. The second-order valence-corrected chi connectivity index (χ2v) is 8.95. The van der Waals surface area contributed by atoms with Gasteiger partial charge in [-0.2, -0.15) is 0 Å². The highest BCUT2D eigenvalue weighted by atomic mass is 16.5. The molecule has 0 spiro atoms. The summed E-state index contributed by atoms with van der Waals surface area (Å²) in [7, 11) is 3.58. The summed E-state index contributed by atoms with van der Waals surface area (Å²) in [5.74, 6) is 1.80. The first-order valence-electron chi connectivity index (χ1n) is 11.9. The topological polar surface area (TPSA) is 61.4 Å². The number of hydrogen-bond acceptors (Lipinski definition) is 5. The Bertz CT molecular complexity index is 698. The van der Waals surface area contributed by atoms with Crippen molar-refractivity contribution in [3.63, 3.8) is 0 Å². The first kappa shape index (κ1) is 22.4. The van der Waals surface area contributed by atoms with Crippen LogP contribution in [-0.2, 0) is 4.74 Å². The fourth-order valence-electron chi connectivity index (χ4n) is 5.26. The Hall–Kier alpha value is -1.83. The second-order valence-electron chi connectivity index (χ2n) is 8.95. The molecule has 31 heavy (non-hydrogen) atoms. The largest absolute Gasteiger partial charge is 0.497 e. The summed E-state index contributed by atoms with van der Waals surface area (Å²) < 4.78 is 10.9. The van der Waals surface area contributed by atoms with Crippen LogP contribution in [0.5, 0.6) is 5.75 Å². The van der Waals surface area contributed by atoms with Crippen molar-refractivity contribution in [3.8, 4) is 5.75 Å². The highest BCUT2D eigenvalue weighted by molar-refractivity contribution is 5.80. The summed E-state index contributed by atoms with van der Waals surface area (Å²) >= 11 is 0. The van der Waals surface area contributed by atoms with Crippen LogP contribution in [0.15, 0.2) is 29.3 Å². The van der Waals surface area contributed by atoms with Crippen LogP contribution in [0.4, 0.5) is 0 Å². The van der Waals surface area contributed by atoms with Gasteiger partial charge in [0.2, 0.25) is 0 Å². The lowest BCUT2D eigenvalue weighted by molar-refractivity contribution is 0.0170. The van der Waals surface area contributed by atoms with Crippen molar-refractivity contribution in [1.29, 1.82) is 0 Å². The van der Waals surface area contributed by atoms with E-state index in [0.717, 1.165) is 57.1 Å². The smallest absolute Gasteiger partial charge is 0.191 e. The SMILES string of the molecule is CN=C(NCC(c1ccc(OC)cc1)N1CCOCC1)NC1CCN(C2CCCC2)C1. The molecule has 7 heteroatoms. The van der Waals surface area contributed by atoms with Crippen molar-refractivity contribution in [2.75, 3.05) is 60.1 Å². The second kappa shape index (κ2) is 11.2. The number of benzene rings is 1. The first-order valence-corrected chi connectivity index (χ1v) is 11.9. The predicted molar refractivity (Wildman–Crippen MR) is 125 cm³/mol. The number of nitrogens with one attached hydrogen (secondary N) is 2. The van der Waals surface area contributed by atoms with Crippen LogP contribution in [0, 0.1) is 0 Å².